The van der Waals surface area contributed by atoms with Crippen LogP contribution in [0.25, 0.3) is 0 Å². The maximum Gasteiger partial charge on any atom is 0.354 e. The van der Waals surface area contributed by atoms with Gasteiger partial charge >= 0.3 is 5.97 Å². The van der Waals surface area contributed by atoms with Gasteiger partial charge in [-0.1, -0.05) is 15.9 Å². The van der Waals surface area contributed by atoms with Crippen molar-refractivity contribution in [1.82, 2.24) is 0 Å². The fourth-order valence-electron chi connectivity index (χ4n) is 3.81. The Morgan fingerprint density at radius 3 is 2.55 bits per heavy atom. The van der Waals surface area contributed by atoms with E-state index in [1.54, 1.807) is 31.2 Å². The van der Waals surface area contributed by atoms with Gasteiger partial charge in [0.25, 0.3) is 5.91 Å². The van der Waals surface area contributed by atoms with Crippen molar-refractivity contribution in [2.24, 2.45) is 10.7 Å². The summed E-state index contributed by atoms with van der Waals surface area (Å²) in [6.45, 7) is 1.95. The highest BCUT2D eigenvalue weighted by Crippen LogP contribution is 2.29. The highest BCUT2D eigenvalue weighted by Gasteiger charge is 2.33. The van der Waals surface area contributed by atoms with Crippen LogP contribution in [-0.4, -0.2) is 49.1 Å². The maximum atomic E-state index is 14.7. The van der Waals surface area contributed by atoms with Gasteiger partial charge in [-0.05, 0) is 62.6 Å². The predicted molar refractivity (Wildman–Crippen MR) is 148 cm³/mol. The monoisotopic (exact) mass is 588 g/mol. The van der Waals surface area contributed by atoms with Crippen molar-refractivity contribution in [2.75, 3.05) is 35.8 Å². The van der Waals surface area contributed by atoms with E-state index in [0.717, 1.165) is 24.2 Å². The Morgan fingerprint density at radius 1 is 1.18 bits per heavy atom. The highest BCUT2D eigenvalue weighted by molar-refractivity contribution is 9.09. The molecule has 1 aliphatic rings. The first-order valence-corrected chi connectivity index (χ1v) is 13.3. The van der Waals surface area contributed by atoms with E-state index in [1.807, 2.05) is 0 Å². The minimum Gasteiger partial charge on any atom is -0.497 e. The number of piperidine rings is 1. The smallest absolute Gasteiger partial charge is 0.354 e. The maximum absolute atomic E-state index is 14.7. The summed E-state index contributed by atoms with van der Waals surface area (Å²) in [6, 6.07) is 10.8. The molecule has 1 fully saturated rings. The van der Waals surface area contributed by atoms with Crippen molar-refractivity contribution >= 4 is 56.5 Å². The van der Waals surface area contributed by atoms with Crippen molar-refractivity contribution in [3.05, 3.63) is 59.6 Å². The molecule has 0 unspecified atom stereocenters. The van der Waals surface area contributed by atoms with E-state index in [0.29, 0.717) is 23.5 Å². The van der Waals surface area contributed by atoms with Crippen LogP contribution in [0.15, 0.2) is 58.7 Å². The molecule has 2 amide bonds. The zero-order chi connectivity index (χ0) is 27.7. The third-order valence-electron chi connectivity index (χ3n) is 5.78. The molecule has 0 saturated carbocycles. The second kappa shape index (κ2) is 13.7. The van der Waals surface area contributed by atoms with E-state index >= 15 is 0 Å². The first-order chi connectivity index (χ1) is 18.3. The second-order valence-electron chi connectivity index (χ2n) is 8.34. The molecule has 202 valence electrons. The number of nitrogens with one attached hydrogen (secondary N) is 1. The zero-order valence-electron chi connectivity index (χ0n) is 21.3. The molecular weight excluding hydrogens is 559 g/mol. The van der Waals surface area contributed by atoms with Crippen LogP contribution in [0.1, 0.15) is 32.6 Å². The highest BCUT2D eigenvalue weighted by atomic mass is 79.9. The number of amides is 2. The average Bonchev–Trinajstić information content (AvgIpc) is 2.91. The lowest BCUT2D eigenvalue weighted by Crippen LogP contribution is -2.44. The van der Waals surface area contributed by atoms with Gasteiger partial charge in [0.2, 0.25) is 5.91 Å². The Labute approximate surface area is 229 Å². The number of nitrogens with zero attached hydrogens (tertiary/aromatic N) is 2. The third-order valence-corrected chi connectivity index (χ3v) is 6.34. The first-order valence-electron chi connectivity index (χ1n) is 12.1. The number of anilines is 2. The van der Waals surface area contributed by atoms with Gasteiger partial charge < -0.3 is 25.4 Å². The fraction of sp³-hybridized carbons (Fsp3) is 0.333. The summed E-state index contributed by atoms with van der Waals surface area (Å²) in [6.07, 6.45) is 2.29. The van der Waals surface area contributed by atoms with Crippen molar-refractivity contribution in [2.45, 2.75) is 32.6 Å². The standard InChI is InChI=1S/C27H30BrFN4O5/c1-3-38-27(36)24(30)20-13-15-33(18-9-7-17(8-10-18)31-23(34)6-4-5-14-28)26(35)25(20)32-22-12-11-19(37-2)16-21(22)29/h7-12,16H,3-6,13-15,30H2,1-2H3,(H,31,34). The third kappa shape index (κ3) is 7.18. The number of ether oxygens (including phenoxy) is 2. The lowest BCUT2D eigenvalue weighted by molar-refractivity contribution is -0.138. The van der Waals surface area contributed by atoms with E-state index in [-0.39, 0.29) is 48.1 Å². The Hall–Kier alpha value is -3.73. The van der Waals surface area contributed by atoms with Gasteiger partial charge in [-0.15, -0.1) is 0 Å². The Morgan fingerprint density at radius 2 is 1.92 bits per heavy atom. The van der Waals surface area contributed by atoms with E-state index in [4.69, 9.17) is 15.2 Å². The largest absolute Gasteiger partial charge is 0.497 e. The van der Waals surface area contributed by atoms with E-state index in [2.05, 4.69) is 26.2 Å². The van der Waals surface area contributed by atoms with Crippen LogP contribution in [0.3, 0.4) is 0 Å². The number of unbranched alkanes of at least 4 members (excludes halogenated alkanes) is 1. The number of hydrogen-bond donors (Lipinski definition) is 2. The number of alkyl halides is 1. The van der Waals surface area contributed by atoms with Gasteiger partial charge in [0.15, 0.2) is 5.82 Å². The lowest BCUT2D eigenvalue weighted by atomic mass is 9.97. The summed E-state index contributed by atoms with van der Waals surface area (Å²) < 4.78 is 24.7. The van der Waals surface area contributed by atoms with Gasteiger partial charge in [0.1, 0.15) is 17.2 Å². The molecule has 3 N–H and O–H groups in total. The number of esters is 1. The molecule has 0 bridgehead atoms. The predicted octanol–water partition coefficient (Wildman–Crippen LogP) is 4.62. The number of carbonyl (C=O) groups is 3. The molecule has 1 aliphatic heterocycles. The molecule has 38 heavy (non-hydrogen) atoms. The Balaban J connectivity index is 1.91. The minimum absolute atomic E-state index is 0.0899. The van der Waals surface area contributed by atoms with Gasteiger partial charge in [-0.2, -0.15) is 0 Å². The molecule has 11 heteroatoms. The summed E-state index contributed by atoms with van der Waals surface area (Å²) in [5.41, 5.74) is 6.88. The zero-order valence-corrected chi connectivity index (χ0v) is 22.8. The first kappa shape index (κ1) is 28.8. The Bertz CT molecular complexity index is 1250. The summed E-state index contributed by atoms with van der Waals surface area (Å²) in [5, 5.41) is 3.68. The molecule has 2 aromatic rings. The van der Waals surface area contributed by atoms with Gasteiger partial charge in [-0.25, -0.2) is 14.2 Å². The van der Waals surface area contributed by atoms with Crippen molar-refractivity contribution in [3.8, 4) is 5.75 Å². The van der Waals surface area contributed by atoms with E-state index in [1.165, 1.54) is 24.1 Å². The number of nitrogens with two attached hydrogens (primary N) is 1. The fourth-order valence-corrected chi connectivity index (χ4v) is 4.21. The SMILES string of the molecule is CCOC(=O)C(N)=C1CCN(c2ccc(NC(=O)CCCCBr)cc2)C(=O)C1=Nc1ccc(OC)cc1F. The van der Waals surface area contributed by atoms with Crippen LogP contribution in [-0.2, 0) is 19.1 Å². The number of benzene rings is 2. The lowest BCUT2D eigenvalue weighted by Gasteiger charge is -2.30. The van der Waals surface area contributed by atoms with Crippen LogP contribution < -0.4 is 20.7 Å². The summed E-state index contributed by atoms with van der Waals surface area (Å²) >= 11 is 3.35. The normalized spacial score (nSPS) is 15.8. The average molecular weight is 589 g/mol. The van der Waals surface area contributed by atoms with Crippen LogP contribution >= 0.6 is 15.9 Å². The number of aliphatic imine (C=N–C) groups is 1. The molecule has 0 radical (unpaired) electrons. The molecular formula is C27H30BrFN4O5. The van der Waals surface area contributed by atoms with Gasteiger partial charge in [-0.3, -0.25) is 9.59 Å². The number of carbonyl (C=O) groups excluding carboxylic acids is 3. The molecule has 0 aromatic heterocycles. The molecule has 1 saturated heterocycles. The van der Waals surface area contributed by atoms with Crippen molar-refractivity contribution in [3.63, 3.8) is 0 Å². The van der Waals surface area contributed by atoms with Crippen LogP contribution in [0.5, 0.6) is 5.75 Å². The number of halogens is 2. The molecule has 1 heterocycles. The summed E-state index contributed by atoms with van der Waals surface area (Å²) in [7, 11) is 1.41. The Kier molecular flexibility index (Phi) is 10.4. The number of hydrogen-bond acceptors (Lipinski definition) is 7. The topological polar surface area (TPSA) is 123 Å². The van der Waals surface area contributed by atoms with Crippen LogP contribution in [0, 0.1) is 5.82 Å². The van der Waals surface area contributed by atoms with Crippen molar-refractivity contribution < 1.29 is 28.2 Å². The minimum atomic E-state index is -0.775. The van der Waals surface area contributed by atoms with E-state index < -0.39 is 17.7 Å². The molecule has 0 atom stereocenters. The van der Waals surface area contributed by atoms with E-state index in [9.17, 15) is 18.8 Å². The van der Waals surface area contributed by atoms with Crippen molar-refractivity contribution in [1.29, 1.82) is 0 Å². The van der Waals surface area contributed by atoms with Crippen LogP contribution in [0.4, 0.5) is 21.5 Å². The van der Waals surface area contributed by atoms with Gasteiger partial charge in [0, 0.05) is 41.3 Å². The molecule has 0 spiro atoms. The summed E-state index contributed by atoms with van der Waals surface area (Å²) in [5.74, 6) is -1.83. The van der Waals surface area contributed by atoms with Crippen LogP contribution in [0.2, 0.25) is 0 Å². The quantitative estimate of drug-likeness (QED) is 0.181. The van der Waals surface area contributed by atoms with Gasteiger partial charge in [0.05, 0.1) is 19.4 Å². The second-order valence-corrected chi connectivity index (χ2v) is 9.13. The summed E-state index contributed by atoms with van der Waals surface area (Å²) in [4.78, 5) is 43.8. The molecule has 0 aliphatic carbocycles. The molecule has 9 nitrogen and oxygen atoms in total. The molecule has 3 rings (SSSR count). The molecule has 2 aromatic carbocycles. The number of rotatable bonds is 10. The number of methoxy groups -OCH3 is 1.